The molecule has 0 saturated carbocycles. The Hall–Kier alpha value is -1.76. The molecule has 0 aliphatic heterocycles. The van der Waals surface area contributed by atoms with Crippen LogP contribution in [0, 0.1) is 0 Å². The lowest BCUT2D eigenvalue weighted by Crippen LogP contribution is -1.95. The minimum atomic E-state index is -1.24. The van der Waals surface area contributed by atoms with Gasteiger partial charge in [-0.2, -0.15) is 4.98 Å². The summed E-state index contributed by atoms with van der Waals surface area (Å²) in [6.45, 7) is 0. The number of hydrogen-bond donors (Lipinski definition) is 1. The highest BCUT2D eigenvalue weighted by molar-refractivity contribution is 7.07. The van der Waals surface area contributed by atoms with Crippen LogP contribution in [0.25, 0.3) is 11.5 Å². The van der Waals surface area contributed by atoms with Gasteiger partial charge in [-0.1, -0.05) is 5.16 Å². The summed E-state index contributed by atoms with van der Waals surface area (Å²) in [4.78, 5) is 17.9. The Balaban J connectivity index is 2.39. The predicted molar refractivity (Wildman–Crippen MR) is 42.4 cm³/mol. The van der Waals surface area contributed by atoms with Crippen molar-refractivity contribution in [2.45, 2.75) is 0 Å². The summed E-state index contributed by atoms with van der Waals surface area (Å²) in [7, 11) is 0. The predicted octanol–water partition coefficient (Wildman–Crippen LogP) is 0.891. The van der Waals surface area contributed by atoms with E-state index in [0.717, 1.165) is 0 Å². The van der Waals surface area contributed by atoms with Crippen LogP contribution in [-0.4, -0.2) is 26.2 Å². The maximum absolute atomic E-state index is 10.4. The van der Waals surface area contributed by atoms with Crippen molar-refractivity contribution in [3.63, 3.8) is 0 Å². The van der Waals surface area contributed by atoms with E-state index in [9.17, 15) is 4.79 Å². The van der Waals surface area contributed by atoms with Gasteiger partial charge in [0, 0.05) is 5.38 Å². The number of aromatic carboxylic acids is 1. The molecule has 0 radical (unpaired) electrons. The van der Waals surface area contributed by atoms with Crippen LogP contribution in [0.3, 0.4) is 0 Å². The van der Waals surface area contributed by atoms with E-state index in [1.165, 1.54) is 11.3 Å². The first-order valence-electron chi connectivity index (χ1n) is 3.23. The maximum Gasteiger partial charge on any atom is 0.394 e. The molecular formula is C6H3N3O3S. The fourth-order valence-corrected chi connectivity index (χ4v) is 1.27. The summed E-state index contributed by atoms with van der Waals surface area (Å²) >= 11 is 1.37. The summed E-state index contributed by atoms with van der Waals surface area (Å²) in [6, 6.07) is 0. The smallest absolute Gasteiger partial charge is 0.394 e. The van der Waals surface area contributed by atoms with Crippen molar-refractivity contribution in [3.05, 3.63) is 16.8 Å². The van der Waals surface area contributed by atoms with Crippen LogP contribution in [0.1, 0.15) is 10.7 Å². The fourth-order valence-electron chi connectivity index (χ4n) is 0.737. The van der Waals surface area contributed by atoms with E-state index in [-0.39, 0.29) is 5.82 Å². The van der Waals surface area contributed by atoms with Gasteiger partial charge in [-0.05, 0) is 0 Å². The van der Waals surface area contributed by atoms with Gasteiger partial charge in [0.25, 0.3) is 0 Å². The zero-order valence-electron chi connectivity index (χ0n) is 6.17. The lowest BCUT2D eigenvalue weighted by molar-refractivity contribution is 0.0643. The standard InChI is InChI=1S/C6H3N3O3S/c10-6(11)5-8-4(9-12-5)3-1-13-2-7-3/h1-2H,(H,10,11). The lowest BCUT2D eigenvalue weighted by Gasteiger charge is -1.80. The Morgan fingerprint density at radius 3 is 3.00 bits per heavy atom. The molecule has 0 aliphatic carbocycles. The first-order valence-corrected chi connectivity index (χ1v) is 4.17. The van der Waals surface area contributed by atoms with E-state index in [1.807, 2.05) is 0 Å². The van der Waals surface area contributed by atoms with E-state index in [2.05, 4.69) is 19.6 Å². The molecule has 2 heterocycles. The number of carboxylic acids is 1. The highest BCUT2D eigenvalue weighted by Crippen LogP contribution is 2.14. The molecule has 13 heavy (non-hydrogen) atoms. The van der Waals surface area contributed by atoms with Gasteiger partial charge in [0.15, 0.2) is 0 Å². The number of carboxylic acid groups (broad SMARTS) is 1. The molecule has 0 bridgehead atoms. The molecule has 0 fully saturated rings. The quantitative estimate of drug-likeness (QED) is 0.768. The van der Waals surface area contributed by atoms with E-state index in [4.69, 9.17) is 5.11 Å². The average Bonchev–Trinajstić information content (AvgIpc) is 2.75. The van der Waals surface area contributed by atoms with Crippen LogP contribution < -0.4 is 0 Å². The molecule has 2 aromatic rings. The number of hydrogen-bond acceptors (Lipinski definition) is 6. The van der Waals surface area contributed by atoms with Crippen molar-refractivity contribution in [1.29, 1.82) is 0 Å². The summed E-state index contributed by atoms with van der Waals surface area (Å²) in [5.74, 6) is -1.48. The van der Waals surface area contributed by atoms with Gasteiger partial charge in [0.2, 0.25) is 5.82 Å². The number of thiazole rings is 1. The van der Waals surface area contributed by atoms with Crippen LogP contribution >= 0.6 is 11.3 Å². The number of aromatic nitrogens is 3. The van der Waals surface area contributed by atoms with Crippen molar-refractivity contribution in [3.8, 4) is 11.5 Å². The lowest BCUT2D eigenvalue weighted by atomic mass is 10.5. The Morgan fingerprint density at radius 1 is 1.62 bits per heavy atom. The van der Waals surface area contributed by atoms with Crippen molar-refractivity contribution in [2.75, 3.05) is 0 Å². The maximum atomic E-state index is 10.4. The molecule has 0 saturated heterocycles. The van der Waals surface area contributed by atoms with E-state index >= 15 is 0 Å². The van der Waals surface area contributed by atoms with Gasteiger partial charge < -0.3 is 9.63 Å². The van der Waals surface area contributed by atoms with Crippen LogP contribution in [-0.2, 0) is 0 Å². The molecule has 7 heteroatoms. The summed E-state index contributed by atoms with van der Waals surface area (Å²) in [5.41, 5.74) is 2.12. The highest BCUT2D eigenvalue weighted by Gasteiger charge is 2.14. The molecule has 66 valence electrons. The van der Waals surface area contributed by atoms with E-state index in [0.29, 0.717) is 5.69 Å². The number of carbonyl (C=O) groups is 1. The Labute approximate surface area is 75.9 Å². The van der Waals surface area contributed by atoms with Gasteiger partial charge in [-0.25, -0.2) is 9.78 Å². The Kier molecular flexibility index (Phi) is 1.78. The van der Waals surface area contributed by atoms with Crippen LogP contribution in [0.4, 0.5) is 0 Å². The van der Waals surface area contributed by atoms with Gasteiger partial charge in [-0.3, -0.25) is 0 Å². The molecule has 0 spiro atoms. The molecule has 6 nitrogen and oxygen atoms in total. The van der Waals surface area contributed by atoms with E-state index in [1.54, 1.807) is 10.9 Å². The van der Waals surface area contributed by atoms with Gasteiger partial charge >= 0.3 is 11.9 Å². The van der Waals surface area contributed by atoms with Crippen molar-refractivity contribution in [2.24, 2.45) is 0 Å². The topological polar surface area (TPSA) is 89.1 Å². The molecular weight excluding hydrogens is 194 g/mol. The minimum Gasteiger partial charge on any atom is -0.474 e. The summed E-state index contributed by atoms with van der Waals surface area (Å²) in [6.07, 6.45) is 0. The largest absolute Gasteiger partial charge is 0.474 e. The zero-order chi connectivity index (χ0) is 9.26. The monoisotopic (exact) mass is 197 g/mol. The zero-order valence-corrected chi connectivity index (χ0v) is 6.98. The minimum absolute atomic E-state index is 0.193. The SMILES string of the molecule is O=C(O)c1nc(-c2cscn2)no1. The third-order valence-electron chi connectivity index (χ3n) is 1.27. The van der Waals surface area contributed by atoms with Crippen molar-refractivity contribution < 1.29 is 14.4 Å². The van der Waals surface area contributed by atoms with Crippen LogP contribution in [0.15, 0.2) is 15.4 Å². The molecule has 2 aromatic heterocycles. The normalized spacial score (nSPS) is 10.2. The second-order valence-electron chi connectivity index (χ2n) is 2.10. The molecule has 0 aromatic carbocycles. The third-order valence-corrected chi connectivity index (χ3v) is 1.86. The van der Waals surface area contributed by atoms with Gasteiger partial charge in [0.1, 0.15) is 5.69 Å². The van der Waals surface area contributed by atoms with Crippen LogP contribution in [0.2, 0.25) is 0 Å². The first-order chi connectivity index (χ1) is 6.27. The molecule has 0 aliphatic rings. The highest BCUT2D eigenvalue weighted by atomic mass is 32.1. The summed E-state index contributed by atoms with van der Waals surface area (Å²) < 4.78 is 4.45. The second-order valence-corrected chi connectivity index (χ2v) is 2.82. The van der Waals surface area contributed by atoms with Gasteiger partial charge in [-0.15, -0.1) is 11.3 Å². The number of nitrogens with zero attached hydrogens (tertiary/aromatic N) is 3. The van der Waals surface area contributed by atoms with E-state index < -0.39 is 11.9 Å². The second kappa shape index (κ2) is 2.94. The summed E-state index contributed by atoms with van der Waals surface area (Å²) in [5, 5.41) is 13.6. The molecule has 0 amide bonds. The fraction of sp³-hybridized carbons (Fsp3) is 0. The molecule has 0 unspecified atom stereocenters. The van der Waals surface area contributed by atoms with Crippen molar-refractivity contribution >= 4 is 17.3 Å². The van der Waals surface area contributed by atoms with Crippen LogP contribution in [0.5, 0.6) is 0 Å². The van der Waals surface area contributed by atoms with Gasteiger partial charge in [0.05, 0.1) is 5.51 Å². The van der Waals surface area contributed by atoms with Crippen molar-refractivity contribution in [1.82, 2.24) is 15.1 Å². The molecule has 2 rings (SSSR count). The third kappa shape index (κ3) is 1.41. The Morgan fingerprint density at radius 2 is 2.46 bits per heavy atom. The number of rotatable bonds is 2. The molecule has 1 N–H and O–H groups in total. The molecule has 0 atom stereocenters. The first kappa shape index (κ1) is 7.87. The average molecular weight is 197 g/mol. The Bertz CT molecular complexity index is 422.